The number of fused-ring (bicyclic) bond motifs is 2. The summed E-state index contributed by atoms with van der Waals surface area (Å²) >= 11 is 0. The van der Waals surface area contributed by atoms with Gasteiger partial charge in [-0.05, 0) is 49.5 Å². The number of hydrogen-bond donors (Lipinski definition) is 2. The zero-order chi connectivity index (χ0) is 17.6. The Labute approximate surface area is 145 Å². The van der Waals surface area contributed by atoms with Gasteiger partial charge in [-0.25, -0.2) is 0 Å². The molecule has 0 aliphatic carbocycles. The first-order valence-corrected chi connectivity index (χ1v) is 8.67. The minimum Gasteiger partial charge on any atom is -0.496 e. The number of methoxy groups -OCH3 is 1. The van der Waals surface area contributed by atoms with E-state index in [0.29, 0.717) is 18.5 Å². The lowest BCUT2D eigenvalue weighted by atomic mass is 9.95. The van der Waals surface area contributed by atoms with Crippen molar-refractivity contribution in [3.63, 3.8) is 0 Å². The van der Waals surface area contributed by atoms with Crippen molar-refractivity contribution in [3.05, 3.63) is 28.3 Å². The number of benzene rings is 1. The highest BCUT2D eigenvalue weighted by atomic mass is 16.5. The zero-order valence-corrected chi connectivity index (χ0v) is 14.2. The van der Waals surface area contributed by atoms with Gasteiger partial charge < -0.3 is 15.0 Å². The summed E-state index contributed by atoms with van der Waals surface area (Å²) in [4.78, 5) is 38.1. The van der Waals surface area contributed by atoms with Crippen molar-refractivity contribution in [2.45, 2.75) is 38.3 Å². The third kappa shape index (κ3) is 2.59. The zero-order valence-electron chi connectivity index (χ0n) is 14.2. The highest BCUT2D eigenvalue weighted by molar-refractivity contribution is 6.05. The van der Waals surface area contributed by atoms with Gasteiger partial charge in [0.25, 0.3) is 5.91 Å². The molecular formula is C18H21N3O4. The van der Waals surface area contributed by atoms with E-state index in [0.717, 1.165) is 48.4 Å². The van der Waals surface area contributed by atoms with E-state index in [4.69, 9.17) is 4.74 Å². The van der Waals surface area contributed by atoms with Crippen LogP contribution in [0.15, 0.2) is 6.07 Å². The summed E-state index contributed by atoms with van der Waals surface area (Å²) in [5, 5.41) is 5.70. The number of carbonyl (C=O) groups is 3. The molecule has 3 amide bonds. The molecule has 1 aromatic carbocycles. The molecule has 3 heterocycles. The van der Waals surface area contributed by atoms with Crippen molar-refractivity contribution < 1.29 is 19.1 Å². The number of nitrogens with one attached hydrogen (secondary N) is 2. The molecule has 0 aromatic heterocycles. The molecule has 132 valence electrons. The number of imide groups is 1. The molecule has 0 radical (unpaired) electrons. The summed E-state index contributed by atoms with van der Waals surface area (Å²) in [5.41, 5.74) is 3.78. The second-order valence-electron chi connectivity index (χ2n) is 6.72. The molecule has 1 saturated heterocycles. The smallest absolute Gasteiger partial charge is 0.255 e. The van der Waals surface area contributed by atoms with Crippen LogP contribution in [0.4, 0.5) is 0 Å². The van der Waals surface area contributed by atoms with Crippen molar-refractivity contribution in [1.29, 1.82) is 0 Å². The molecule has 0 bridgehead atoms. The van der Waals surface area contributed by atoms with Gasteiger partial charge in [-0.15, -0.1) is 0 Å². The van der Waals surface area contributed by atoms with E-state index in [2.05, 4.69) is 10.6 Å². The van der Waals surface area contributed by atoms with Crippen molar-refractivity contribution in [3.8, 4) is 5.75 Å². The third-order valence-electron chi connectivity index (χ3n) is 5.31. The van der Waals surface area contributed by atoms with Crippen molar-refractivity contribution in [1.82, 2.24) is 15.5 Å². The van der Waals surface area contributed by atoms with Gasteiger partial charge in [-0.3, -0.25) is 19.7 Å². The van der Waals surface area contributed by atoms with E-state index in [-0.39, 0.29) is 24.1 Å². The third-order valence-corrected chi connectivity index (χ3v) is 5.31. The highest BCUT2D eigenvalue weighted by Gasteiger charge is 2.41. The maximum Gasteiger partial charge on any atom is 0.255 e. The summed E-state index contributed by atoms with van der Waals surface area (Å²) in [5.74, 6) is -0.0357. The average molecular weight is 343 g/mol. The SMILES string of the molecule is COc1c2c(cc3c1CN(C1CCC(=O)NC1=O)C3=O)CCNCC2. The van der Waals surface area contributed by atoms with E-state index in [1.165, 1.54) is 0 Å². The second-order valence-corrected chi connectivity index (χ2v) is 6.72. The van der Waals surface area contributed by atoms with Crippen LogP contribution in [-0.4, -0.2) is 48.9 Å². The van der Waals surface area contributed by atoms with Gasteiger partial charge >= 0.3 is 0 Å². The van der Waals surface area contributed by atoms with Crippen LogP contribution in [0.2, 0.25) is 0 Å². The topological polar surface area (TPSA) is 87.7 Å². The van der Waals surface area contributed by atoms with Gasteiger partial charge in [0.1, 0.15) is 11.8 Å². The van der Waals surface area contributed by atoms with Crippen LogP contribution in [0.1, 0.15) is 39.9 Å². The first-order valence-electron chi connectivity index (χ1n) is 8.67. The Balaban J connectivity index is 1.72. The molecule has 25 heavy (non-hydrogen) atoms. The fraction of sp³-hybridized carbons (Fsp3) is 0.500. The summed E-state index contributed by atoms with van der Waals surface area (Å²) < 4.78 is 5.68. The van der Waals surface area contributed by atoms with Crippen LogP contribution < -0.4 is 15.4 Å². The molecule has 1 aromatic rings. The normalized spacial score (nSPS) is 23.0. The Hall–Kier alpha value is -2.41. The van der Waals surface area contributed by atoms with Gasteiger partial charge in [0.05, 0.1) is 13.7 Å². The van der Waals surface area contributed by atoms with E-state index in [1.54, 1.807) is 12.0 Å². The molecular weight excluding hydrogens is 322 g/mol. The molecule has 7 heteroatoms. The minimum atomic E-state index is -0.594. The number of amides is 3. The number of nitrogens with zero attached hydrogens (tertiary/aromatic N) is 1. The predicted molar refractivity (Wildman–Crippen MR) is 89.3 cm³/mol. The molecule has 4 rings (SSSR count). The lowest BCUT2D eigenvalue weighted by molar-refractivity contribution is -0.136. The molecule has 1 fully saturated rings. The highest BCUT2D eigenvalue weighted by Crippen LogP contribution is 2.38. The molecule has 3 aliphatic heterocycles. The fourth-order valence-electron chi connectivity index (χ4n) is 4.08. The maximum absolute atomic E-state index is 13.0. The van der Waals surface area contributed by atoms with Crippen LogP contribution in [0.3, 0.4) is 0 Å². The van der Waals surface area contributed by atoms with Gasteiger partial charge in [-0.1, -0.05) is 0 Å². The molecule has 1 atom stereocenters. The summed E-state index contributed by atoms with van der Waals surface area (Å²) in [6, 6.07) is 1.37. The van der Waals surface area contributed by atoms with Gasteiger partial charge in [0, 0.05) is 17.5 Å². The van der Waals surface area contributed by atoms with Crippen molar-refractivity contribution in [2.24, 2.45) is 0 Å². The molecule has 0 saturated carbocycles. The van der Waals surface area contributed by atoms with Gasteiger partial charge in [0.15, 0.2) is 0 Å². The molecule has 1 unspecified atom stereocenters. The first-order chi connectivity index (χ1) is 12.1. The Morgan fingerprint density at radius 3 is 2.68 bits per heavy atom. The number of piperidine rings is 1. The van der Waals surface area contributed by atoms with Crippen LogP contribution >= 0.6 is 0 Å². The summed E-state index contributed by atoms with van der Waals surface area (Å²) in [6.07, 6.45) is 2.34. The van der Waals surface area contributed by atoms with Crippen LogP contribution in [0.25, 0.3) is 0 Å². The minimum absolute atomic E-state index is 0.150. The molecule has 3 aliphatic rings. The maximum atomic E-state index is 13.0. The number of rotatable bonds is 2. The lowest BCUT2D eigenvalue weighted by Crippen LogP contribution is -2.52. The number of carbonyl (C=O) groups excluding carboxylic acids is 3. The van der Waals surface area contributed by atoms with Crippen LogP contribution in [0, 0.1) is 0 Å². The van der Waals surface area contributed by atoms with Crippen LogP contribution in [-0.2, 0) is 29.0 Å². The van der Waals surface area contributed by atoms with E-state index in [1.807, 2.05) is 6.07 Å². The molecule has 2 N–H and O–H groups in total. The number of hydrogen-bond acceptors (Lipinski definition) is 5. The lowest BCUT2D eigenvalue weighted by Gasteiger charge is -2.29. The Morgan fingerprint density at radius 2 is 1.92 bits per heavy atom. The van der Waals surface area contributed by atoms with Crippen molar-refractivity contribution in [2.75, 3.05) is 20.2 Å². The van der Waals surface area contributed by atoms with E-state index < -0.39 is 6.04 Å². The summed E-state index contributed by atoms with van der Waals surface area (Å²) in [6.45, 7) is 2.11. The van der Waals surface area contributed by atoms with Crippen LogP contribution in [0.5, 0.6) is 5.75 Å². The average Bonchev–Trinajstić information content (AvgIpc) is 2.77. The molecule has 7 nitrogen and oxygen atoms in total. The largest absolute Gasteiger partial charge is 0.496 e. The second kappa shape index (κ2) is 6.15. The Kier molecular flexibility index (Phi) is 3.95. The van der Waals surface area contributed by atoms with E-state index >= 15 is 0 Å². The quantitative estimate of drug-likeness (QED) is 0.746. The van der Waals surface area contributed by atoms with Crippen molar-refractivity contribution >= 4 is 17.7 Å². The van der Waals surface area contributed by atoms with Gasteiger partial charge in [-0.2, -0.15) is 0 Å². The standard InChI is InChI=1S/C18H21N3O4/c1-25-16-11-5-7-19-6-4-10(11)8-12-13(16)9-21(18(12)24)14-2-3-15(22)20-17(14)23/h8,14,19H,2-7,9H2,1H3,(H,20,22,23). The number of ether oxygens (including phenoxy) is 1. The first kappa shape index (κ1) is 16.1. The fourth-order valence-corrected chi connectivity index (χ4v) is 4.08. The van der Waals surface area contributed by atoms with Gasteiger partial charge in [0.2, 0.25) is 11.8 Å². The Bertz CT molecular complexity index is 774. The summed E-state index contributed by atoms with van der Waals surface area (Å²) in [7, 11) is 1.63. The molecule has 0 spiro atoms. The Morgan fingerprint density at radius 1 is 1.12 bits per heavy atom. The monoisotopic (exact) mass is 343 g/mol. The van der Waals surface area contributed by atoms with E-state index in [9.17, 15) is 14.4 Å². The predicted octanol–water partition coefficient (Wildman–Crippen LogP) is 0.144.